The Kier molecular flexibility index (Phi) is 6.17. The van der Waals surface area contributed by atoms with E-state index in [0.717, 1.165) is 16.8 Å². The van der Waals surface area contributed by atoms with Crippen molar-refractivity contribution in [2.24, 2.45) is 5.10 Å². The highest BCUT2D eigenvalue weighted by atomic mass is 16.2. The van der Waals surface area contributed by atoms with Gasteiger partial charge in [0, 0.05) is 23.0 Å². The molecule has 2 N–H and O–H groups in total. The number of nitrogens with one attached hydrogen (secondary N) is 2. The molecule has 3 aromatic carbocycles. The quantitative estimate of drug-likeness (QED) is 0.290. The van der Waals surface area contributed by atoms with Gasteiger partial charge in [-0.3, -0.25) is 9.59 Å². The van der Waals surface area contributed by atoms with Crippen LogP contribution in [0.2, 0.25) is 0 Å². The number of hydrogen-bond donors (Lipinski definition) is 2. The van der Waals surface area contributed by atoms with Gasteiger partial charge in [0.25, 0.3) is 0 Å². The molecular weight excluding hydrogens is 402 g/mol. The van der Waals surface area contributed by atoms with Crippen LogP contribution in [0, 0.1) is 6.92 Å². The summed E-state index contributed by atoms with van der Waals surface area (Å²) in [6, 6.07) is 26.6. The Morgan fingerprint density at radius 2 is 1.53 bits per heavy atom. The standard InChI is InChI=1S/C25H21N5O2/c1-18-10-8-9-15-22(18)27-24(31)25(32)28-26-16-20-17-30(21-13-6-3-7-14-21)29-23(20)19-11-4-2-5-12-19/h2-17H,1H3,(H,27,31)(H,28,32)/b26-16+. The number of nitrogens with zero attached hydrogens (tertiary/aromatic N) is 3. The Morgan fingerprint density at radius 1 is 0.875 bits per heavy atom. The van der Waals surface area contributed by atoms with Crippen molar-refractivity contribution in [1.82, 2.24) is 15.2 Å². The van der Waals surface area contributed by atoms with Crippen LogP contribution in [-0.4, -0.2) is 27.8 Å². The van der Waals surface area contributed by atoms with Gasteiger partial charge in [-0.2, -0.15) is 10.2 Å². The van der Waals surface area contributed by atoms with E-state index in [9.17, 15) is 9.59 Å². The van der Waals surface area contributed by atoms with Gasteiger partial charge in [0.1, 0.15) is 5.69 Å². The molecule has 0 aliphatic heterocycles. The van der Waals surface area contributed by atoms with E-state index in [1.807, 2.05) is 85.9 Å². The van der Waals surface area contributed by atoms with Gasteiger partial charge in [-0.05, 0) is 30.7 Å². The van der Waals surface area contributed by atoms with Gasteiger partial charge in [-0.25, -0.2) is 10.1 Å². The number of benzene rings is 3. The minimum atomic E-state index is -0.860. The van der Waals surface area contributed by atoms with Crippen molar-refractivity contribution >= 4 is 23.7 Å². The number of amides is 2. The number of anilines is 1. The van der Waals surface area contributed by atoms with Gasteiger partial charge in [-0.15, -0.1) is 0 Å². The summed E-state index contributed by atoms with van der Waals surface area (Å²) < 4.78 is 1.75. The average molecular weight is 423 g/mol. The van der Waals surface area contributed by atoms with Crippen molar-refractivity contribution in [3.63, 3.8) is 0 Å². The van der Waals surface area contributed by atoms with Crippen LogP contribution < -0.4 is 10.7 Å². The normalized spacial score (nSPS) is 10.8. The fourth-order valence-electron chi connectivity index (χ4n) is 3.12. The first-order chi connectivity index (χ1) is 15.6. The summed E-state index contributed by atoms with van der Waals surface area (Å²) >= 11 is 0. The maximum atomic E-state index is 12.2. The summed E-state index contributed by atoms with van der Waals surface area (Å²) in [7, 11) is 0. The molecule has 7 nitrogen and oxygen atoms in total. The summed E-state index contributed by atoms with van der Waals surface area (Å²) in [6.45, 7) is 1.85. The third-order valence-corrected chi connectivity index (χ3v) is 4.78. The molecule has 0 unspecified atom stereocenters. The number of hydrazone groups is 1. The van der Waals surface area contributed by atoms with Gasteiger partial charge in [0.2, 0.25) is 0 Å². The highest BCUT2D eigenvalue weighted by Gasteiger charge is 2.14. The lowest BCUT2D eigenvalue weighted by molar-refractivity contribution is -0.136. The maximum Gasteiger partial charge on any atom is 0.329 e. The van der Waals surface area contributed by atoms with Crippen LogP contribution in [0.3, 0.4) is 0 Å². The van der Waals surface area contributed by atoms with Gasteiger partial charge in [-0.1, -0.05) is 66.7 Å². The van der Waals surface area contributed by atoms with Gasteiger partial charge < -0.3 is 5.32 Å². The van der Waals surface area contributed by atoms with Gasteiger partial charge in [0.15, 0.2) is 0 Å². The van der Waals surface area contributed by atoms with Crippen LogP contribution in [-0.2, 0) is 9.59 Å². The van der Waals surface area contributed by atoms with Crippen molar-refractivity contribution < 1.29 is 9.59 Å². The lowest BCUT2D eigenvalue weighted by Gasteiger charge is -2.06. The summed E-state index contributed by atoms with van der Waals surface area (Å²) in [5.74, 6) is -1.65. The summed E-state index contributed by atoms with van der Waals surface area (Å²) in [5, 5.41) is 11.2. The molecule has 0 bridgehead atoms. The first-order valence-electron chi connectivity index (χ1n) is 10.0. The zero-order valence-corrected chi connectivity index (χ0v) is 17.4. The van der Waals surface area contributed by atoms with E-state index in [2.05, 4.69) is 20.9 Å². The Bertz CT molecular complexity index is 1260. The number of para-hydroxylation sites is 2. The molecule has 0 fully saturated rings. The SMILES string of the molecule is Cc1ccccc1NC(=O)C(=O)N/N=C/c1cn(-c2ccccc2)nc1-c1ccccc1. The number of aromatic nitrogens is 2. The summed E-state index contributed by atoms with van der Waals surface area (Å²) in [4.78, 5) is 24.3. The molecule has 1 aromatic heterocycles. The van der Waals surface area contributed by atoms with E-state index < -0.39 is 11.8 Å². The first kappa shape index (κ1) is 20.7. The van der Waals surface area contributed by atoms with Crippen molar-refractivity contribution in [2.75, 3.05) is 5.32 Å². The smallest absolute Gasteiger partial charge is 0.317 e. The molecule has 0 saturated heterocycles. The molecule has 0 atom stereocenters. The fourth-order valence-corrected chi connectivity index (χ4v) is 3.12. The second-order valence-corrected chi connectivity index (χ2v) is 7.05. The van der Waals surface area contributed by atoms with Crippen LogP contribution in [0.5, 0.6) is 0 Å². The van der Waals surface area contributed by atoms with Gasteiger partial charge in [0.05, 0.1) is 11.9 Å². The number of carbonyl (C=O) groups is 2. The Labute approximate surface area is 185 Å². The van der Waals surface area contributed by atoms with Crippen LogP contribution >= 0.6 is 0 Å². The predicted molar refractivity (Wildman–Crippen MR) is 125 cm³/mol. The van der Waals surface area contributed by atoms with Crippen LogP contribution in [0.15, 0.2) is 96.2 Å². The number of aryl methyl sites for hydroxylation is 1. The lowest BCUT2D eigenvalue weighted by atomic mass is 10.1. The van der Waals surface area contributed by atoms with Crippen LogP contribution in [0.25, 0.3) is 16.9 Å². The van der Waals surface area contributed by atoms with Crippen molar-refractivity contribution in [2.45, 2.75) is 6.92 Å². The molecule has 4 rings (SSSR count). The third kappa shape index (κ3) is 4.79. The molecule has 4 aromatic rings. The minimum Gasteiger partial charge on any atom is -0.317 e. The number of carbonyl (C=O) groups excluding carboxylic acids is 2. The van der Waals surface area contributed by atoms with Crippen molar-refractivity contribution in [1.29, 1.82) is 0 Å². The molecule has 2 amide bonds. The van der Waals surface area contributed by atoms with E-state index in [1.54, 1.807) is 16.8 Å². The van der Waals surface area contributed by atoms with E-state index in [-0.39, 0.29) is 0 Å². The predicted octanol–water partition coefficient (Wildman–Crippen LogP) is 3.94. The molecule has 0 aliphatic carbocycles. The zero-order chi connectivity index (χ0) is 22.3. The third-order valence-electron chi connectivity index (χ3n) is 4.78. The minimum absolute atomic E-state index is 0.576. The highest BCUT2D eigenvalue weighted by Crippen LogP contribution is 2.22. The largest absolute Gasteiger partial charge is 0.329 e. The van der Waals surface area contributed by atoms with E-state index in [1.165, 1.54) is 6.21 Å². The Morgan fingerprint density at radius 3 is 2.25 bits per heavy atom. The van der Waals surface area contributed by atoms with Crippen molar-refractivity contribution in [3.8, 4) is 16.9 Å². The second kappa shape index (κ2) is 9.53. The van der Waals surface area contributed by atoms with E-state index >= 15 is 0 Å². The second-order valence-electron chi connectivity index (χ2n) is 7.05. The molecule has 158 valence electrons. The monoisotopic (exact) mass is 423 g/mol. The summed E-state index contributed by atoms with van der Waals surface area (Å²) in [6.07, 6.45) is 3.30. The molecule has 0 radical (unpaired) electrons. The molecule has 32 heavy (non-hydrogen) atoms. The van der Waals surface area contributed by atoms with Crippen LogP contribution in [0.1, 0.15) is 11.1 Å². The molecule has 0 saturated carbocycles. The molecular formula is C25H21N5O2. The Hall–Kier alpha value is -4.52. The van der Waals surface area contributed by atoms with Crippen LogP contribution in [0.4, 0.5) is 5.69 Å². The topological polar surface area (TPSA) is 88.4 Å². The number of rotatable bonds is 5. The number of hydrogen-bond acceptors (Lipinski definition) is 4. The zero-order valence-electron chi connectivity index (χ0n) is 17.4. The van der Waals surface area contributed by atoms with Gasteiger partial charge >= 0.3 is 11.8 Å². The average Bonchev–Trinajstić information content (AvgIpc) is 3.26. The Balaban J connectivity index is 1.52. The maximum absolute atomic E-state index is 12.2. The molecule has 7 heteroatoms. The first-order valence-corrected chi connectivity index (χ1v) is 10.0. The van der Waals surface area contributed by atoms with E-state index in [0.29, 0.717) is 16.9 Å². The molecule has 0 aliphatic rings. The highest BCUT2D eigenvalue weighted by molar-refractivity contribution is 6.39. The van der Waals surface area contributed by atoms with E-state index in [4.69, 9.17) is 0 Å². The lowest BCUT2D eigenvalue weighted by Crippen LogP contribution is -2.32. The van der Waals surface area contributed by atoms with Crippen molar-refractivity contribution in [3.05, 3.63) is 102 Å². The molecule has 0 spiro atoms. The molecule has 1 heterocycles. The fraction of sp³-hybridized carbons (Fsp3) is 0.0400. The summed E-state index contributed by atoms with van der Waals surface area (Å²) in [5.41, 5.74) is 6.92.